The molecule has 0 atom stereocenters. The van der Waals surface area contributed by atoms with Crippen LogP contribution < -0.4 is 5.32 Å². The highest BCUT2D eigenvalue weighted by molar-refractivity contribution is 14.1. The SMILES string of the molecule is O=C(Nc1ccc(O)cc1F)c1cc(Br)ccc1I. The van der Waals surface area contributed by atoms with Gasteiger partial charge in [-0.2, -0.15) is 0 Å². The zero-order chi connectivity index (χ0) is 14.0. The van der Waals surface area contributed by atoms with Gasteiger partial charge in [-0.3, -0.25) is 4.79 Å². The van der Waals surface area contributed by atoms with Crippen LogP contribution in [-0.4, -0.2) is 11.0 Å². The summed E-state index contributed by atoms with van der Waals surface area (Å²) in [6.07, 6.45) is 0. The van der Waals surface area contributed by atoms with Gasteiger partial charge in [0.1, 0.15) is 11.6 Å². The molecule has 0 saturated heterocycles. The number of hydrogen-bond acceptors (Lipinski definition) is 2. The fraction of sp³-hybridized carbons (Fsp3) is 0. The molecule has 2 rings (SSSR count). The van der Waals surface area contributed by atoms with Gasteiger partial charge >= 0.3 is 0 Å². The largest absolute Gasteiger partial charge is 0.508 e. The van der Waals surface area contributed by atoms with Gasteiger partial charge in [0, 0.05) is 14.1 Å². The lowest BCUT2D eigenvalue weighted by Crippen LogP contribution is -2.14. The van der Waals surface area contributed by atoms with Gasteiger partial charge in [0.25, 0.3) is 5.91 Å². The molecule has 0 saturated carbocycles. The maximum Gasteiger partial charge on any atom is 0.256 e. The van der Waals surface area contributed by atoms with Crippen LogP contribution in [0, 0.1) is 9.39 Å². The van der Waals surface area contributed by atoms with Crippen LogP contribution in [0.3, 0.4) is 0 Å². The topological polar surface area (TPSA) is 49.3 Å². The molecule has 2 aromatic rings. The molecule has 98 valence electrons. The van der Waals surface area contributed by atoms with Crippen molar-refractivity contribution in [1.82, 2.24) is 0 Å². The molecule has 0 radical (unpaired) electrons. The van der Waals surface area contributed by atoms with Gasteiger partial charge in [-0.25, -0.2) is 4.39 Å². The second kappa shape index (κ2) is 5.87. The maximum atomic E-state index is 13.5. The first kappa shape index (κ1) is 14.3. The lowest BCUT2D eigenvalue weighted by Gasteiger charge is -2.08. The Morgan fingerprint density at radius 3 is 2.68 bits per heavy atom. The number of benzene rings is 2. The third kappa shape index (κ3) is 3.44. The van der Waals surface area contributed by atoms with Crippen LogP contribution in [0.15, 0.2) is 40.9 Å². The summed E-state index contributed by atoms with van der Waals surface area (Å²) in [6.45, 7) is 0. The molecular formula is C13H8BrFINO2. The Kier molecular flexibility index (Phi) is 4.41. The molecule has 19 heavy (non-hydrogen) atoms. The number of hydrogen-bond donors (Lipinski definition) is 2. The van der Waals surface area contributed by atoms with Crippen molar-refractivity contribution in [2.45, 2.75) is 0 Å². The van der Waals surface area contributed by atoms with Gasteiger partial charge in [-0.05, 0) is 52.9 Å². The fourth-order valence-electron chi connectivity index (χ4n) is 1.47. The average Bonchev–Trinajstić information content (AvgIpc) is 2.35. The molecular weight excluding hydrogens is 428 g/mol. The number of carbonyl (C=O) groups excluding carboxylic acids is 1. The number of amides is 1. The number of phenols is 1. The number of phenolic OH excluding ortho intramolecular Hbond substituents is 1. The highest BCUT2D eigenvalue weighted by Gasteiger charge is 2.13. The van der Waals surface area contributed by atoms with Crippen molar-refractivity contribution in [3.8, 4) is 5.75 Å². The minimum atomic E-state index is -0.682. The zero-order valence-corrected chi connectivity index (χ0v) is 13.2. The Morgan fingerprint density at radius 1 is 1.26 bits per heavy atom. The summed E-state index contributed by atoms with van der Waals surface area (Å²) in [7, 11) is 0. The van der Waals surface area contributed by atoms with E-state index in [4.69, 9.17) is 5.11 Å². The normalized spacial score (nSPS) is 10.3. The molecule has 2 N–H and O–H groups in total. The molecule has 0 bridgehead atoms. The summed E-state index contributed by atoms with van der Waals surface area (Å²) >= 11 is 5.32. The van der Waals surface area contributed by atoms with Crippen LogP contribution in [0.4, 0.5) is 10.1 Å². The van der Waals surface area contributed by atoms with E-state index in [0.29, 0.717) is 5.56 Å². The molecule has 3 nitrogen and oxygen atoms in total. The van der Waals surface area contributed by atoms with E-state index in [9.17, 15) is 9.18 Å². The zero-order valence-electron chi connectivity index (χ0n) is 9.45. The third-order valence-electron chi connectivity index (χ3n) is 2.37. The summed E-state index contributed by atoms with van der Waals surface area (Å²) in [4.78, 5) is 12.1. The Bertz CT molecular complexity index is 649. The summed E-state index contributed by atoms with van der Waals surface area (Å²) in [5.41, 5.74) is 0.473. The van der Waals surface area contributed by atoms with E-state index in [1.54, 1.807) is 12.1 Å². The second-order valence-electron chi connectivity index (χ2n) is 3.74. The molecule has 0 aromatic heterocycles. The molecule has 6 heteroatoms. The molecule has 0 fully saturated rings. The molecule has 0 aliphatic heterocycles. The van der Waals surface area contributed by atoms with Crippen LogP contribution in [0.1, 0.15) is 10.4 Å². The molecule has 0 unspecified atom stereocenters. The van der Waals surface area contributed by atoms with E-state index in [0.717, 1.165) is 14.1 Å². The minimum Gasteiger partial charge on any atom is -0.508 e. The van der Waals surface area contributed by atoms with Crippen molar-refractivity contribution in [3.05, 3.63) is 55.8 Å². The van der Waals surface area contributed by atoms with Gasteiger partial charge in [0.15, 0.2) is 0 Å². The number of anilines is 1. The van der Waals surface area contributed by atoms with Crippen LogP contribution >= 0.6 is 38.5 Å². The molecule has 0 aliphatic carbocycles. The molecule has 0 aliphatic rings. The quantitative estimate of drug-likeness (QED) is 0.550. The molecule has 2 aromatic carbocycles. The Labute approximate surface area is 131 Å². The Balaban J connectivity index is 2.28. The number of rotatable bonds is 2. The van der Waals surface area contributed by atoms with Crippen molar-refractivity contribution in [1.29, 1.82) is 0 Å². The number of carbonyl (C=O) groups is 1. The standard InChI is InChI=1S/C13H8BrFINO2/c14-7-1-3-11(16)9(5-7)13(19)17-12-4-2-8(18)6-10(12)15/h1-6,18H,(H,17,19). The predicted octanol–water partition coefficient (Wildman–Crippen LogP) is 4.15. The maximum absolute atomic E-state index is 13.5. The van der Waals surface area contributed by atoms with Gasteiger partial charge < -0.3 is 10.4 Å². The first-order valence-electron chi connectivity index (χ1n) is 5.22. The summed E-state index contributed by atoms with van der Waals surface area (Å²) in [6, 6.07) is 8.83. The predicted molar refractivity (Wildman–Crippen MR) is 82.9 cm³/mol. The van der Waals surface area contributed by atoms with Gasteiger partial charge in [-0.15, -0.1) is 0 Å². The first-order chi connectivity index (χ1) is 8.97. The lowest BCUT2D eigenvalue weighted by molar-refractivity contribution is 0.102. The molecule has 0 spiro atoms. The van der Waals surface area contributed by atoms with Crippen molar-refractivity contribution in [2.24, 2.45) is 0 Å². The number of nitrogens with one attached hydrogen (secondary N) is 1. The van der Waals surface area contributed by atoms with E-state index in [2.05, 4.69) is 21.2 Å². The van der Waals surface area contributed by atoms with Crippen LogP contribution in [0.25, 0.3) is 0 Å². The van der Waals surface area contributed by atoms with Crippen molar-refractivity contribution in [2.75, 3.05) is 5.32 Å². The van der Waals surface area contributed by atoms with E-state index in [1.165, 1.54) is 12.1 Å². The van der Waals surface area contributed by atoms with E-state index >= 15 is 0 Å². The van der Waals surface area contributed by atoms with Gasteiger partial charge in [0.05, 0.1) is 11.3 Å². The lowest BCUT2D eigenvalue weighted by atomic mass is 10.2. The van der Waals surface area contributed by atoms with E-state index in [-0.39, 0.29) is 11.4 Å². The van der Waals surface area contributed by atoms with Crippen molar-refractivity contribution in [3.63, 3.8) is 0 Å². The Morgan fingerprint density at radius 2 is 2.00 bits per heavy atom. The summed E-state index contributed by atoms with van der Waals surface area (Å²) in [5.74, 6) is -1.28. The first-order valence-corrected chi connectivity index (χ1v) is 7.09. The highest BCUT2D eigenvalue weighted by atomic mass is 127. The van der Waals surface area contributed by atoms with Crippen LogP contribution in [0.2, 0.25) is 0 Å². The van der Waals surface area contributed by atoms with Crippen LogP contribution in [-0.2, 0) is 0 Å². The highest BCUT2D eigenvalue weighted by Crippen LogP contribution is 2.22. The monoisotopic (exact) mass is 435 g/mol. The third-order valence-corrected chi connectivity index (χ3v) is 3.81. The number of halogens is 3. The summed E-state index contributed by atoms with van der Waals surface area (Å²) in [5, 5.41) is 11.6. The van der Waals surface area contributed by atoms with Gasteiger partial charge in [-0.1, -0.05) is 15.9 Å². The number of aromatic hydroxyl groups is 1. The Hall–Kier alpha value is -1.15. The second-order valence-corrected chi connectivity index (χ2v) is 5.82. The minimum absolute atomic E-state index is 0.0265. The van der Waals surface area contributed by atoms with Crippen molar-refractivity contribution >= 4 is 50.1 Å². The van der Waals surface area contributed by atoms with E-state index in [1.807, 2.05) is 28.7 Å². The molecule has 0 heterocycles. The van der Waals surface area contributed by atoms with Crippen LogP contribution in [0.5, 0.6) is 5.75 Å². The summed E-state index contributed by atoms with van der Waals surface area (Å²) < 4.78 is 15.0. The smallest absolute Gasteiger partial charge is 0.256 e. The fourth-order valence-corrected chi connectivity index (χ4v) is 2.41. The van der Waals surface area contributed by atoms with Crippen molar-refractivity contribution < 1.29 is 14.3 Å². The molecule has 1 amide bonds. The van der Waals surface area contributed by atoms with E-state index < -0.39 is 11.7 Å². The average molecular weight is 436 g/mol. The van der Waals surface area contributed by atoms with Gasteiger partial charge in [0.2, 0.25) is 0 Å².